The van der Waals surface area contributed by atoms with Crippen molar-refractivity contribution in [3.63, 3.8) is 0 Å². The Bertz CT molecular complexity index is 486. The summed E-state index contributed by atoms with van der Waals surface area (Å²) in [6.07, 6.45) is 4.31. The van der Waals surface area contributed by atoms with E-state index in [1.54, 1.807) is 0 Å². The van der Waals surface area contributed by atoms with Crippen molar-refractivity contribution in [2.75, 3.05) is 6.54 Å². The van der Waals surface area contributed by atoms with Gasteiger partial charge in [0.2, 0.25) is 5.71 Å². The molecule has 3 heterocycles. The molecule has 1 N–H and O–H groups in total. The highest BCUT2D eigenvalue weighted by Crippen LogP contribution is 2.24. The maximum atomic E-state index is 5.34. The summed E-state index contributed by atoms with van der Waals surface area (Å²) in [5.74, 6) is 0.675. The zero-order chi connectivity index (χ0) is 10.3. The van der Waals surface area contributed by atoms with Crippen LogP contribution in [0.25, 0.3) is 11.2 Å². The number of fused-ring (bicyclic) bond motifs is 1. The molecule has 0 saturated carbocycles. The minimum atomic E-state index is 0.443. The summed E-state index contributed by atoms with van der Waals surface area (Å²) in [5, 5.41) is 3.45. The molecule has 1 fully saturated rings. The van der Waals surface area contributed by atoms with Gasteiger partial charge >= 0.3 is 0 Å². The fourth-order valence-corrected chi connectivity index (χ4v) is 2.11. The first kappa shape index (κ1) is 8.85. The van der Waals surface area contributed by atoms with Crippen molar-refractivity contribution in [3.8, 4) is 0 Å². The third-order valence-corrected chi connectivity index (χ3v) is 2.84. The van der Waals surface area contributed by atoms with Crippen molar-refractivity contribution in [1.29, 1.82) is 0 Å². The molecule has 1 aliphatic rings. The molecule has 2 aromatic rings. The van der Waals surface area contributed by atoms with Crippen LogP contribution in [0.1, 0.15) is 30.3 Å². The fraction of sp³-hybridized carbons (Fsp3) is 0.455. The average Bonchev–Trinajstić information content (AvgIpc) is 2.82. The Balaban J connectivity index is 2.04. The molecule has 0 spiro atoms. The van der Waals surface area contributed by atoms with Crippen molar-refractivity contribution in [2.24, 2.45) is 0 Å². The molecule has 4 heteroatoms. The topological polar surface area (TPSA) is 51.0 Å². The first-order chi connectivity index (χ1) is 7.33. The minimum Gasteiger partial charge on any atom is -0.423 e. The summed E-state index contributed by atoms with van der Waals surface area (Å²) < 4.78 is 5.34. The number of hydrogen-bond donors (Lipinski definition) is 1. The second-order valence-electron chi connectivity index (χ2n) is 3.97. The lowest BCUT2D eigenvalue weighted by Crippen LogP contribution is -2.12. The van der Waals surface area contributed by atoms with E-state index in [9.17, 15) is 0 Å². The van der Waals surface area contributed by atoms with Crippen LogP contribution in [0.3, 0.4) is 0 Å². The van der Waals surface area contributed by atoms with Gasteiger partial charge in [0.25, 0.3) is 0 Å². The largest absolute Gasteiger partial charge is 0.423 e. The molecule has 1 saturated heterocycles. The van der Waals surface area contributed by atoms with Gasteiger partial charge in [0.05, 0.1) is 0 Å². The molecular weight excluding hydrogens is 190 g/mol. The van der Waals surface area contributed by atoms with Crippen molar-refractivity contribution in [1.82, 2.24) is 15.3 Å². The second-order valence-corrected chi connectivity index (χ2v) is 3.97. The number of rotatable bonds is 1. The first-order valence-corrected chi connectivity index (χ1v) is 5.29. The zero-order valence-corrected chi connectivity index (χ0v) is 8.66. The van der Waals surface area contributed by atoms with Gasteiger partial charge in [-0.2, -0.15) is 0 Å². The van der Waals surface area contributed by atoms with E-state index in [4.69, 9.17) is 4.42 Å². The third kappa shape index (κ3) is 1.51. The van der Waals surface area contributed by atoms with Gasteiger partial charge in [-0.1, -0.05) is 0 Å². The van der Waals surface area contributed by atoms with Crippen LogP contribution in [0, 0.1) is 6.92 Å². The van der Waals surface area contributed by atoms with Gasteiger partial charge in [-0.3, -0.25) is 0 Å². The van der Waals surface area contributed by atoms with Gasteiger partial charge in [-0.25, -0.2) is 9.97 Å². The van der Waals surface area contributed by atoms with Crippen molar-refractivity contribution in [3.05, 3.63) is 23.7 Å². The summed E-state index contributed by atoms with van der Waals surface area (Å²) in [6, 6.07) is 2.51. The van der Waals surface area contributed by atoms with E-state index >= 15 is 0 Å². The van der Waals surface area contributed by atoms with Crippen LogP contribution in [-0.4, -0.2) is 16.5 Å². The Hall–Kier alpha value is -1.42. The van der Waals surface area contributed by atoms with Crippen LogP contribution in [0.2, 0.25) is 0 Å². The molecule has 3 rings (SSSR count). The lowest BCUT2D eigenvalue weighted by Gasteiger charge is -2.08. The van der Waals surface area contributed by atoms with E-state index < -0.39 is 0 Å². The SMILES string of the molecule is Cc1nc2cc(C3CCCN3)cnc2o1. The number of nitrogens with zero attached hydrogens (tertiary/aromatic N) is 2. The van der Waals surface area contributed by atoms with Crippen LogP contribution >= 0.6 is 0 Å². The van der Waals surface area contributed by atoms with E-state index in [2.05, 4.69) is 21.4 Å². The summed E-state index contributed by atoms with van der Waals surface area (Å²) in [4.78, 5) is 8.57. The van der Waals surface area contributed by atoms with Gasteiger partial charge in [0.15, 0.2) is 5.89 Å². The summed E-state index contributed by atoms with van der Waals surface area (Å²) in [5.41, 5.74) is 2.71. The first-order valence-electron chi connectivity index (χ1n) is 5.29. The average molecular weight is 203 g/mol. The van der Waals surface area contributed by atoms with E-state index in [1.165, 1.54) is 18.4 Å². The number of aryl methyl sites for hydroxylation is 1. The molecule has 0 amide bonds. The molecule has 1 atom stereocenters. The minimum absolute atomic E-state index is 0.443. The Labute approximate surface area is 87.7 Å². The highest BCUT2D eigenvalue weighted by Gasteiger charge is 2.17. The van der Waals surface area contributed by atoms with E-state index in [0.717, 1.165) is 12.1 Å². The lowest BCUT2D eigenvalue weighted by molar-refractivity contribution is 0.550. The van der Waals surface area contributed by atoms with Crippen LogP contribution in [-0.2, 0) is 0 Å². The van der Waals surface area contributed by atoms with Crippen LogP contribution in [0.4, 0.5) is 0 Å². The van der Waals surface area contributed by atoms with Gasteiger partial charge < -0.3 is 9.73 Å². The summed E-state index contributed by atoms with van der Waals surface area (Å²) in [7, 11) is 0. The zero-order valence-electron chi connectivity index (χ0n) is 8.66. The molecule has 2 aromatic heterocycles. The highest BCUT2D eigenvalue weighted by atomic mass is 16.4. The number of pyridine rings is 1. The van der Waals surface area contributed by atoms with Crippen LogP contribution < -0.4 is 5.32 Å². The molecule has 1 unspecified atom stereocenters. The maximum Gasteiger partial charge on any atom is 0.246 e. The molecule has 15 heavy (non-hydrogen) atoms. The van der Waals surface area contributed by atoms with Gasteiger partial charge in [-0.15, -0.1) is 0 Å². The monoisotopic (exact) mass is 203 g/mol. The molecule has 4 nitrogen and oxygen atoms in total. The van der Waals surface area contributed by atoms with Gasteiger partial charge in [0, 0.05) is 19.2 Å². The number of nitrogens with one attached hydrogen (secondary N) is 1. The number of oxazole rings is 1. The van der Waals surface area contributed by atoms with Crippen LogP contribution in [0.15, 0.2) is 16.7 Å². The molecule has 0 aliphatic carbocycles. The Kier molecular flexibility index (Phi) is 1.95. The Morgan fingerprint density at radius 1 is 1.53 bits per heavy atom. The molecular formula is C11H13N3O. The molecule has 1 aliphatic heterocycles. The van der Waals surface area contributed by atoms with Crippen molar-refractivity contribution >= 4 is 11.2 Å². The summed E-state index contributed by atoms with van der Waals surface area (Å²) in [6.45, 7) is 2.94. The Morgan fingerprint density at radius 2 is 2.47 bits per heavy atom. The molecule has 0 aromatic carbocycles. The maximum absolute atomic E-state index is 5.34. The number of aromatic nitrogens is 2. The standard InChI is InChI=1S/C11H13N3O/c1-7-14-10-5-8(6-13-11(10)15-7)9-3-2-4-12-9/h5-6,9,12H,2-4H2,1H3. The number of hydrogen-bond acceptors (Lipinski definition) is 4. The Morgan fingerprint density at radius 3 is 3.27 bits per heavy atom. The third-order valence-electron chi connectivity index (χ3n) is 2.84. The van der Waals surface area contributed by atoms with Crippen molar-refractivity contribution < 1.29 is 4.42 Å². The fourth-order valence-electron chi connectivity index (χ4n) is 2.11. The lowest BCUT2D eigenvalue weighted by atomic mass is 10.1. The van der Waals surface area contributed by atoms with Gasteiger partial charge in [-0.05, 0) is 31.0 Å². The predicted molar refractivity (Wildman–Crippen MR) is 56.5 cm³/mol. The van der Waals surface area contributed by atoms with Crippen molar-refractivity contribution in [2.45, 2.75) is 25.8 Å². The van der Waals surface area contributed by atoms with E-state index in [1.807, 2.05) is 13.1 Å². The summed E-state index contributed by atoms with van der Waals surface area (Å²) >= 11 is 0. The van der Waals surface area contributed by atoms with E-state index in [-0.39, 0.29) is 0 Å². The smallest absolute Gasteiger partial charge is 0.246 e. The highest BCUT2D eigenvalue weighted by molar-refractivity contribution is 5.68. The molecule has 0 bridgehead atoms. The normalized spacial score (nSPS) is 21.3. The molecule has 78 valence electrons. The van der Waals surface area contributed by atoms with Crippen LogP contribution in [0.5, 0.6) is 0 Å². The predicted octanol–water partition coefficient (Wildman–Crippen LogP) is 1.96. The molecule has 0 radical (unpaired) electrons. The quantitative estimate of drug-likeness (QED) is 0.769. The van der Waals surface area contributed by atoms with E-state index in [0.29, 0.717) is 17.6 Å². The second kappa shape index (κ2) is 3.31. The van der Waals surface area contributed by atoms with Gasteiger partial charge in [0.1, 0.15) is 5.52 Å².